The van der Waals surface area contributed by atoms with E-state index < -0.39 is 18.2 Å². The maximum Gasteiger partial charge on any atom is 0.508 e. The number of nitrogens with one attached hydrogen (secondary N) is 1. The van der Waals surface area contributed by atoms with Crippen molar-refractivity contribution in [3.63, 3.8) is 0 Å². The van der Waals surface area contributed by atoms with Crippen LogP contribution in [0.3, 0.4) is 0 Å². The Morgan fingerprint density at radius 3 is 2.73 bits per heavy atom. The van der Waals surface area contributed by atoms with E-state index in [1.807, 2.05) is 56.3 Å². The van der Waals surface area contributed by atoms with E-state index >= 15 is 0 Å². The van der Waals surface area contributed by atoms with E-state index in [1.165, 1.54) is 0 Å². The average molecular weight is 359 g/mol. The zero-order valence-corrected chi connectivity index (χ0v) is 15.1. The van der Waals surface area contributed by atoms with E-state index in [2.05, 4.69) is 5.32 Å². The highest BCUT2D eigenvalue weighted by molar-refractivity contribution is 5.89. The van der Waals surface area contributed by atoms with Gasteiger partial charge in [0.05, 0.1) is 5.92 Å². The van der Waals surface area contributed by atoms with Gasteiger partial charge in [-0.05, 0) is 12.5 Å². The third-order valence-corrected chi connectivity index (χ3v) is 4.33. The summed E-state index contributed by atoms with van der Waals surface area (Å²) in [4.78, 5) is 36.5. The lowest BCUT2D eigenvalue weighted by Gasteiger charge is -2.27. The van der Waals surface area contributed by atoms with Gasteiger partial charge >= 0.3 is 6.16 Å². The van der Waals surface area contributed by atoms with Crippen molar-refractivity contribution in [2.45, 2.75) is 39.4 Å². The molecule has 0 aromatic heterocycles. The molecule has 26 heavy (non-hydrogen) atoms. The molecule has 1 aromatic rings. The minimum Gasteiger partial charge on any atom is -0.429 e. The fourth-order valence-electron chi connectivity index (χ4n) is 2.99. The van der Waals surface area contributed by atoms with Gasteiger partial charge in [0.15, 0.2) is 0 Å². The Kier molecular flexibility index (Phi) is 7.38. The maximum atomic E-state index is 12.4. The van der Waals surface area contributed by atoms with Gasteiger partial charge in [-0.2, -0.15) is 0 Å². The number of ether oxygens (including phenoxy) is 2. The van der Waals surface area contributed by atoms with Crippen LogP contribution in [0.25, 0.3) is 0 Å². The molecule has 140 valence electrons. The summed E-state index contributed by atoms with van der Waals surface area (Å²) in [5.41, 5.74) is 0.838. The molecule has 0 aliphatic carbocycles. The van der Waals surface area contributed by atoms with Crippen LogP contribution in [-0.2, 0) is 25.7 Å². The van der Waals surface area contributed by atoms with Crippen LogP contribution in [0.1, 0.15) is 32.3 Å². The van der Waals surface area contributed by atoms with Gasteiger partial charge in [0, 0.05) is 25.3 Å². The van der Waals surface area contributed by atoms with E-state index in [-0.39, 0.29) is 30.6 Å². The van der Waals surface area contributed by atoms with Crippen LogP contribution in [0.2, 0.25) is 0 Å². The molecule has 2 rings (SSSR count). The lowest BCUT2D eigenvalue weighted by molar-refractivity contribution is -0.133. The second-order valence-electron chi connectivity index (χ2n) is 6.38. The van der Waals surface area contributed by atoms with Crippen LogP contribution in [0.5, 0.6) is 0 Å². The normalized spacial score (nSPS) is 20.2. The molecule has 1 saturated heterocycles. The monoisotopic (exact) mass is 359 g/mol. The summed E-state index contributed by atoms with van der Waals surface area (Å²) in [7, 11) is 0. The molecule has 1 N–H and O–H groups in total. The van der Waals surface area contributed by atoms with Gasteiger partial charge in [-0.1, -0.05) is 49.4 Å². The molecule has 0 bridgehead atoms. The van der Waals surface area contributed by atoms with Crippen LogP contribution in [0.4, 0.5) is 4.79 Å². The van der Waals surface area contributed by atoms with Crippen molar-refractivity contribution in [2.75, 3.05) is 6.54 Å². The SMILES string of the molecule is C/C=C/[C@@H](C)[C@@H](OC(=O)OCc1ccccc1)[C@@H]1CC(=O)CCNC1=O. The van der Waals surface area contributed by atoms with E-state index in [0.29, 0.717) is 13.0 Å². The summed E-state index contributed by atoms with van der Waals surface area (Å²) in [5, 5.41) is 2.72. The molecule has 0 unspecified atom stereocenters. The van der Waals surface area contributed by atoms with Crippen LogP contribution >= 0.6 is 0 Å². The Balaban J connectivity index is 2.07. The molecule has 0 saturated carbocycles. The van der Waals surface area contributed by atoms with Crippen molar-refractivity contribution < 1.29 is 23.9 Å². The van der Waals surface area contributed by atoms with Crippen molar-refractivity contribution in [1.82, 2.24) is 5.32 Å². The van der Waals surface area contributed by atoms with Gasteiger partial charge in [-0.3, -0.25) is 9.59 Å². The van der Waals surface area contributed by atoms with Crippen LogP contribution in [0.15, 0.2) is 42.5 Å². The minimum atomic E-state index is -0.847. The number of allylic oxidation sites excluding steroid dienone is 1. The van der Waals surface area contributed by atoms with Crippen molar-refractivity contribution in [3.05, 3.63) is 48.0 Å². The third-order valence-electron chi connectivity index (χ3n) is 4.33. The number of hydrogen-bond acceptors (Lipinski definition) is 5. The van der Waals surface area contributed by atoms with Crippen molar-refractivity contribution in [3.8, 4) is 0 Å². The molecular formula is C20H25NO5. The lowest BCUT2D eigenvalue weighted by atomic mass is 9.87. The molecule has 1 heterocycles. The fraction of sp³-hybridized carbons (Fsp3) is 0.450. The maximum absolute atomic E-state index is 12.4. The van der Waals surface area contributed by atoms with Gasteiger partial charge in [-0.25, -0.2) is 4.79 Å². The molecule has 6 heteroatoms. The number of benzene rings is 1. The Hall–Kier alpha value is -2.63. The van der Waals surface area contributed by atoms with Crippen LogP contribution in [-0.4, -0.2) is 30.5 Å². The molecule has 1 aromatic carbocycles. The van der Waals surface area contributed by atoms with Gasteiger partial charge in [0.1, 0.15) is 18.5 Å². The zero-order valence-electron chi connectivity index (χ0n) is 15.1. The molecule has 1 aliphatic heterocycles. The topological polar surface area (TPSA) is 81.7 Å². The first-order valence-corrected chi connectivity index (χ1v) is 8.80. The molecule has 0 spiro atoms. The van der Waals surface area contributed by atoms with Crippen LogP contribution in [0, 0.1) is 11.8 Å². The summed E-state index contributed by atoms with van der Waals surface area (Å²) < 4.78 is 10.6. The Bertz CT molecular complexity index is 655. The summed E-state index contributed by atoms with van der Waals surface area (Å²) in [6.07, 6.45) is 2.41. The molecule has 1 fully saturated rings. The molecule has 1 aliphatic rings. The van der Waals surface area contributed by atoms with Crippen molar-refractivity contribution in [1.29, 1.82) is 0 Å². The molecule has 6 nitrogen and oxygen atoms in total. The van der Waals surface area contributed by atoms with E-state index in [1.54, 1.807) is 0 Å². The number of Topliss-reactive ketones (excluding diaryl/α,β-unsaturated/α-hetero) is 1. The highest BCUT2D eigenvalue weighted by Crippen LogP contribution is 2.25. The lowest BCUT2D eigenvalue weighted by Crippen LogP contribution is -2.41. The zero-order chi connectivity index (χ0) is 18.9. The molecule has 1 amide bonds. The largest absolute Gasteiger partial charge is 0.508 e. The van der Waals surface area contributed by atoms with Gasteiger partial charge in [0.2, 0.25) is 5.91 Å². The summed E-state index contributed by atoms with van der Waals surface area (Å²) >= 11 is 0. The first-order chi connectivity index (χ1) is 12.5. The van der Waals surface area contributed by atoms with Gasteiger partial charge in [-0.15, -0.1) is 0 Å². The predicted octanol–water partition coefficient (Wildman–Crippen LogP) is 3.02. The third kappa shape index (κ3) is 5.72. The van der Waals surface area contributed by atoms with E-state index in [0.717, 1.165) is 5.56 Å². The fourth-order valence-corrected chi connectivity index (χ4v) is 2.99. The Morgan fingerprint density at radius 2 is 2.04 bits per heavy atom. The Morgan fingerprint density at radius 1 is 1.31 bits per heavy atom. The van der Waals surface area contributed by atoms with Crippen LogP contribution < -0.4 is 5.32 Å². The van der Waals surface area contributed by atoms with Crippen molar-refractivity contribution >= 4 is 17.8 Å². The van der Waals surface area contributed by atoms with Gasteiger partial charge in [0.25, 0.3) is 0 Å². The second kappa shape index (κ2) is 9.75. The second-order valence-corrected chi connectivity index (χ2v) is 6.38. The number of carbonyl (C=O) groups excluding carboxylic acids is 3. The molecule has 3 atom stereocenters. The molecular weight excluding hydrogens is 334 g/mol. The number of rotatable bonds is 6. The predicted molar refractivity (Wildman–Crippen MR) is 96.2 cm³/mol. The summed E-state index contributed by atoms with van der Waals surface area (Å²) in [6, 6.07) is 9.25. The number of ketones is 1. The summed E-state index contributed by atoms with van der Waals surface area (Å²) in [6.45, 7) is 4.09. The van der Waals surface area contributed by atoms with E-state index in [9.17, 15) is 14.4 Å². The quantitative estimate of drug-likeness (QED) is 0.624. The number of carbonyl (C=O) groups is 3. The highest BCUT2D eigenvalue weighted by Gasteiger charge is 2.37. The van der Waals surface area contributed by atoms with E-state index in [4.69, 9.17) is 9.47 Å². The first-order valence-electron chi connectivity index (χ1n) is 8.80. The summed E-state index contributed by atoms with van der Waals surface area (Å²) in [5.74, 6) is -1.24. The van der Waals surface area contributed by atoms with Gasteiger partial charge < -0.3 is 14.8 Å². The smallest absolute Gasteiger partial charge is 0.429 e. The Labute approximate surface area is 153 Å². The van der Waals surface area contributed by atoms with Crippen molar-refractivity contribution in [2.24, 2.45) is 11.8 Å². The average Bonchev–Trinajstić information content (AvgIpc) is 2.79. The molecule has 0 radical (unpaired) electrons. The standard InChI is InChI=1S/C20H25NO5/c1-3-7-14(2)18(17-12-16(22)10-11-21-19(17)23)26-20(24)25-13-15-8-5-4-6-9-15/h3-9,14,17-18H,10-13H2,1-2H3,(H,21,23)/b7-3+/t14-,17+,18-/m1/s1. The first kappa shape index (κ1) is 19.7. The number of hydrogen-bond donors (Lipinski definition) is 1. The minimum absolute atomic E-state index is 0.0210. The number of amides is 1. The highest BCUT2D eigenvalue weighted by atomic mass is 16.7.